The lowest BCUT2D eigenvalue weighted by molar-refractivity contribution is -0.119. The summed E-state index contributed by atoms with van der Waals surface area (Å²) in [6.07, 6.45) is 4.29. The maximum absolute atomic E-state index is 12.2. The molecular weight excluding hydrogens is 290 g/mol. The molecule has 0 spiro atoms. The van der Waals surface area contributed by atoms with Gasteiger partial charge in [-0.05, 0) is 55.7 Å². The predicted octanol–water partition coefficient (Wildman–Crippen LogP) is 3.16. The number of carbonyl (C=O) groups excluding carboxylic acids is 2. The molecule has 0 saturated carbocycles. The number of nitrogens with one attached hydrogen (secondary N) is 1. The van der Waals surface area contributed by atoms with Gasteiger partial charge in [-0.25, -0.2) is 4.98 Å². The number of nitrogens with zero attached hydrogens (tertiary/aromatic N) is 2. The highest BCUT2D eigenvalue weighted by Gasteiger charge is 2.19. The Hall–Kier alpha value is -2.69. The molecule has 1 saturated heterocycles. The minimum absolute atomic E-state index is 0.150. The zero-order valence-corrected chi connectivity index (χ0v) is 13.1. The van der Waals surface area contributed by atoms with E-state index < -0.39 is 0 Å². The molecule has 1 fully saturated rings. The largest absolute Gasteiger partial charge is 0.312 e. The zero-order chi connectivity index (χ0) is 16.2. The summed E-state index contributed by atoms with van der Waals surface area (Å²) in [7, 11) is 0. The van der Waals surface area contributed by atoms with Crippen LogP contribution in [0.5, 0.6) is 0 Å². The van der Waals surface area contributed by atoms with Gasteiger partial charge < -0.3 is 10.2 Å². The molecule has 0 bridgehead atoms. The Balaban J connectivity index is 1.70. The number of anilines is 2. The molecule has 0 radical (unpaired) electrons. The molecule has 3 rings (SSSR count). The van der Waals surface area contributed by atoms with Crippen LogP contribution in [-0.2, 0) is 4.79 Å². The Kier molecular flexibility index (Phi) is 4.37. The normalized spacial score (nSPS) is 14.7. The number of rotatable bonds is 3. The van der Waals surface area contributed by atoms with Crippen molar-refractivity contribution in [2.45, 2.75) is 26.2 Å². The average molecular weight is 309 g/mol. The molecule has 2 heterocycles. The van der Waals surface area contributed by atoms with Gasteiger partial charge in [-0.1, -0.05) is 6.07 Å². The van der Waals surface area contributed by atoms with Gasteiger partial charge in [-0.3, -0.25) is 9.59 Å². The van der Waals surface area contributed by atoms with Crippen LogP contribution >= 0.6 is 0 Å². The highest BCUT2D eigenvalue weighted by atomic mass is 16.2. The van der Waals surface area contributed by atoms with Crippen molar-refractivity contribution >= 4 is 23.3 Å². The van der Waals surface area contributed by atoms with E-state index in [1.165, 1.54) is 0 Å². The molecule has 1 aromatic heterocycles. The maximum Gasteiger partial charge on any atom is 0.256 e. The summed E-state index contributed by atoms with van der Waals surface area (Å²) in [5.41, 5.74) is 2.43. The number of carbonyl (C=O) groups is 2. The van der Waals surface area contributed by atoms with Gasteiger partial charge in [0.1, 0.15) is 5.82 Å². The van der Waals surface area contributed by atoms with Crippen LogP contribution in [0.2, 0.25) is 0 Å². The van der Waals surface area contributed by atoms with Crippen LogP contribution in [0.15, 0.2) is 42.6 Å². The molecule has 1 N–H and O–H groups in total. The lowest BCUT2D eigenvalue weighted by Gasteiger charge is -2.26. The number of aryl methyl sites for hydroxylation is 1. The molecule has 1 aromatic carbocycles. The van der Waals surface area contributed by atoms with Crippen LogP contribution in [0.4, 0.5) is 11.5 Å². The molecular formula is C18H19N3O2. The Morgan fingerprint density at radius 1 is 1.13 bits per heavy atom. The Bertz CT molecular complexity index is 708. The maximum atomic E-state index is 12.2. The van der Waals surface area contributed by atoms with Gasteiger partial charge in [0.15, 0.2) is 0 Å². The van der Waals surface area contributed by atoms with Gasteiger partial charge in [0.05, 0.1) is 0 Å². The second kappa shape index (κ2) is 6.60. The minimum Gasteiger partial charge on any atom is -0.312 e. The zero-order valence-electron chi connectivity index (χ0n) is 13.1. The standard InChI is InChI=1S/C18H19N3O2/c1-13-5-10-16(19-12-13)20-18(23)14-6-8-15(9-7-14)21-11-3-2-4-17(21)22/h5-10,12H,2-4,11H2,1H3,(H,19,20,23). The molecule has 5 heteroatoms. The fraction of sp³-hybridized carbons (Fsp3) is 0.278. The number of benzene rings is 1. The number of piperidine rings is 1. The Labute approximate surface area is 135 Å². The SMILES string of the molecule is Cc1ccc(NC(=O)c2ccc(N3CCCCC3=O)cc2)nc1. The van der Waals surface area contributed by atoms with E-state index in [4.69, 9.17) is 0 Å². The molecule has 1 aliphatic heterocycles. The summed E-state index contributed by atoms with van der Waals surface area (Å²) in [6, 6.07) is 10.8. The number of amides is 2. The Morgan fingerprint density at radius 3 is 2.57 bits per heavy atom. The van der Waals surface area contributed by atoms with Crippen molar-refractivity contribution < 1.29 is 9.59 Å². The van der Waals surface area contributed by atoms with E-state index in [1.807, 2.05) is 25.1 Å². The van der Waals surface area contributed by atoms with Crippen LogP contribution in [0.25, 0.3) is 0 Å². The van der Waals surface area contributed by atoms with Crippen molar-refractivity contribution in [3.63, 3.8) is 0 Å². The van der Waals surface area contributed by atoms with Crippen molar-refractivity contribution in [2.24, 2.45) is 0 Å². The molecule has 0 unspecified atom stereocenters. The van der Waals surface area contributed by atoms with Gasteiger partial charge in [0.25, 0.3) is 5.91 Å². The first-order valence-electron chi connectivity index (χ1n) is 7.78. The third kappa shape index (κ3) is 3.56. The van der Waals surface area contributed by atoms with Crippen LogP contribution in [0.3, 0.4) is 0 Å². The fourth-order valence-electron chi connectivity index (χ4n) is 2.60. The molecule has 0 atom stereocenters. The van der Waals surface area contributed by atoms with Gasteiger partial charge in [0.2, 0.25) is 5.91 Å². The van der Waals surface area contributed by atoms with Crippen LogP contribution in [-0.4, -0.2) is 23.3 Å². The van der Waals surface area contributed by atoms with E-state index in [9.17, 15) is 9.59 Å². The van der Waals surface area contributed by atoms with Crippen LogP contribution in [0.1, 0.15) is 35.2 Å². The number of hydrogen-bond acceptors (Lipinski definition) is 3. The second-order valence-corrected chi connectivity index (χ2v) is 5.72. The lowest BCUT2D eigenvalue weighted by Crippen LogP contribution is -2.35. The van der Waals surface area contributed by atoms with Crippen molar-refractivity contribution in [3.8, 4) is 0 Å². The van der Waals surface area contributed by atoms with E-state index >= 15 is 0 Å². The molecule has 118 valence electrons. The third-order valence-corrected chi connectivity index (χ3v) is 3.92. The van der Waals surface area contributed by atoms with Gasteiger partial charge in [-0.2, -0.15) is 0 Å². The summed E-state index contributed by atoms with van der Waals surface area (Å²) >= 11 is 0. The van der Waals surface area contributed by atoms with Crippen molar-refractivity contribution in [2.75, 3.05) is 16.8 Å². The summed E-state index contributed by atoms with van der Waals surface area (Å²) in [5.74, 6) is 0.464. The smallest absolute Gasteiger partial charge is 0.256 e. The lowest BCUT2D eigenvalue weighted by atomic mass is 10.1. The third-order valence-electron chi connectivity index (χ3n) is 3.92. The van der Waals surface area contributed by atoms with Gasteiger partial charge >= 0.3 is 0 Å². The predicted molar refractivity (Wildman–Crippen MR) is 89.6 cm³/mol. The van der Waals surface area contributed by atoms with Gasteiger partial charge in [-0.15, -0.1) is 0 Å². The monoisotopic (exact) mass is 309 g/mol. The summed E-state index contributed by atoms with van der Waals surface area (Å²) in [6.45, 7) is 2.69. The fourth-order valence-corrected chi connectivity index (χ4v) is 2.60. The first-order valence-corrected chi connectivity index (χ1v) is 7.78. The highest BCUT2D eigenvalue weighted by Crippen LogP contribution is 2.21. The first-order chi connectivity index (χ1) is 11.1. The van der Waals surface area contributed by atoms with Gasteiger partial charge in [0, 0.05) is 30.4 Å². The first kappa shape index (κ1) is 15.2. The quantitative estimate of drug-likeness (QED) is 0.947. The second-order valence-electron chi connectivity index (χ2n) is 5.72. The van der Waals surface area contributed by atoms with Crippen molar-refractivity contribution in [1.82, 2.24) is 4.98 Å². The summed E-state index contributed by atoms with van der Waals surface area (Å²) < 4.78 is 0. The number of pyridine rings is 1. The summed E-state index contributed by atoms with van der Waals surface area (Å²) in [5, 5.41) is 2.76. The molecule has 23 heavy (non-hydrogen) atoms. The van der Waals surface area contributed by atoms with E-state index in [-0.39, 0.29) is 11.8 Å². The molecule has 2 aromatic rings. The number of hydrogen-bond donors (Lipinski definition) is 1. The minimum atomic E-state index is -0.210. The van der Waals surface area contributed by atoms with E-state index in [0.717, 1.165) is 30.6 Å². The van der Waals surface area contributed by atoms with Crippen molar-refractivity contribution in [3.05, 3.63) is 53.7 Å². The molecule has 0 aliphatic carbocycles. The van der Waals surface area contributed by atoms with E-state index in [2.05, 4.69) is 10.3 Å². The number of aromatic nitrogens is 1. The van der Waals surface area contributed by atoms with Crippen molar-refractivity contribution in [1.29, 1.82) is 0 Å². The molecule has 5 nitrogen and oxygen atoms in total. The van der Waals surface area contributed by atoms with Crippen LogP contribution in [0, 0.1) is 6.92 Å². The Morgan fingerprint density at radius 2 is 1.91 bits per heavy atom. The highest BCUT2D eigenvalue weighted by molar-refractivity contribution is 6.04. The van der Waals surface area contributed by atoms with E-state index in [1.54, 1.807) is 29.3 Å². The van der Waals surface area contributed by atoms with E-state index in [0.29, 0.717) is 17.8 Å². The van der Waals surface area contributed by atoms with Crippen LogP contribution < -0.4 is 10.2 Å². The average Bonchev–Trinajstić information content (AvgIpc) is 2.57. The summed E-state index contributed by atoms with van der Waals surface area (Å²) in [4.78, 5) is 30.1. The molecule has 1 aliphatic rings. The topological polar surface area (TPSA) is 62.3 Å². The molecule has 2 amide bonds.